The van der Waals surface area contributed by atoms with Crippen LogP contribution in [0.1, 0.15) is 32.6 Å². The van der Waals surface area contributed by atoms with Gasteiger partial charge in [-0.3, -0.25) is 4.99 Å². The lowest BCUT2D eigenvalue weighted by Gasteiger charge is -2.37. The zero-order valence-corrected chi connectivity index (χ0v) is 17.4. The number of piperidine rings is 1. The van der Waals surface area contributed by atoms with E-state index in [9.17, 15) is 8.42 Å². The van der Waals surface area contributed by atoms with E-state index in [0.29, 0.717) is 25.6 Å². The van der Waals surface area contributed by atoms with E-state index in [1.807, 2.05) is 0 Å². The molecule has 9 heteroatoms. The molecular weight excluding hydrogens is 368 g/mol. The van der Waals surface area contributed by atoms with E-state index in [1.165, 1.54) is 6.26 Å². The highest BCUT2D eigenvalue weighted by Gasteiger charge is 2.32. The van der Waals surface area contributed by atoms with Gasteiger partial charge in [0.05, 0.1) is 19.0 Å². The van der Waals surface area contributed by atoms with Crippen LogP contribution in [0, 0.1) is 5.92 Å². The number of rotatable bonds is 5. The van der Waals surface area contributed by atoms with E-state index in [0.717, 1.165) is 64.4 Å². The van der Waals surface area contributed by atoms with Gasteiger partial charge in [0.15, 0.2) is 5.96 Å². The topological polar surface area (TPSA) is 83.5 Å². The molecule has 0 aromatic heterocycles. The minimum absolute atomic E-state index is 0.114. The van der Waals surface area contributed by atoms with Gasteiger partial charge in [-0.2, -0.15) is 0 Å². The molecule has 0 bridgehead atoms. The second-order valence-corrected chi connectivity index (χ2v) is 9.69. The molecule has 3 aliphatic heterocycles. The number of aliphatic imine (C=N–C) groups is 1. The van der Waals surface area contributed by atoms with Crippen molar-refractivity contribution >= 4 is 16.0 Å². The maximum atomic E-state index is 11.7. The molecule has 0 radical (unpaired) electrons. The normalized spacial score (nSPS) is 29.3. The van der Waals surface area contributed by atoms with Gasteiger partial charge in [0, 0.05) is 45.9 Å². The third kappa shape index (κ3) is 5.79. The van der Waals surface area contributed by atoms with E-state index in [4.69, 9.17) is 14.5 Å². The molecule has 8 nitrogen and oxygen atoms in total. The quantitative estimate of drug-likeness (QED) is 0.533. The number of nitrogens with one attached hydrogen (secondary N) is 1. The summed E-state index contributed by atoms with van der Waals surface area (Å²) in [4.78, 5) is 7.16. The van der Waals surface area contributed by atoms with Crippen molar-refractivity contribution in [1.29, 1.82) is 0 Å². The number of guanidine groups is 1. The Bertz CT molecular complexity index is 598. The zero-order valence-electron chi connectivity index (χ0n) is 16.6. The summed E-state index contributed by atoms with van der Waals surface area (Å²) in [6.07, 6.45) is 5.54. The number of hydrogen-bond donors (Lipinski definition) is 1. The summed E-state index contributed by atoms with van der Waals surface area (Å²) in [5.41, 5.74) is 0. The standard InChI is InChI=1S/C18H34N4O4S/c1-3-19-18(20-13-15-6-8-22(9-7-15)27(2,23)24)21-10-12-26-17(14-21)16-5-4-11-25-16/h15-17H,3-14H2,1-2H3,(H,19,20). The maximum absolute atomic E-state index is 11.7. The first-order valence-electron chi connectivity index (χ1n) is 10.2. The average molecular weight is 403 g/mol. The molecule has 3 rings (SSSR count). The summed E-state index contributed by atoms with van der Waals surface area (Å²) in [5.74, 6) is 1.38. The van der Waals surface area contributed by atoms with Crippen LogP contribution < -0.4 is 5.32 Å². The Labute approximate surface area is 163 Å². The average Bonchev–Trinajstić information content (AvgIpc) is 3.20. The summed E-state index contributed by atoms with van der Waals surface area (Å²) < 4.78 is 36.6. The Morgan fingerprint density at radius 1 is 1.11 bits per heavy atom. The van der Waals surface area contributed by atoms with Crippen LogP contribution in [0.3, 0.4) is 0 Å². The van der Waals surface area contributed by atoms with Gasteiger partial charge >= 0.3 is 0 Å². The van der Waals surface area contributed by atoms with Crippen LogP contribution in [-0.2, 0) is 19.5 Å². The van der Waals surface area contributed by atoms with Crippen molar-refractivity contribution in [3.8, 4) is 0 Å². The molecule has 156 valence electrons. The van der Waals surface area contributed by atoms with Crippen molar-refractivity contribution in [2.75, 3.05) is 58.7 Å². The van der Waals surface area contributed by atoms with Crippen molar-refractivity contribution < 1.29 is 17.9 Å². The molecule has 0 aromatic carbocycles. The molecule has 3 saturated heterocycles. The van der Waals surface area contributed by atoms with E-state index in [-0.39, 0.29) is 12.2 Å². The van der Waals surface area contributed by atoms with Crippen LogP contribution in [0.5, 0.6) is 0 Å². The molecule has 1 N–H and O–H groups in total. The highest BCUT2D eigenvalue weighted by Crippen LogP contribution is 2.22. The van der Waals surface area contributed by atoms with Crippen molar-refractivity contribution in [1.82, 2.24) is 14.5 Å². The predicted molar refractivity (Wildman–Crippen MR) is 105 cm³/mol. The van der Waals surface area contributed by atoms with Gasteiger partial charge in [0.25, 0.3) is 0 Å². The molecule has 0 amide bonds. The van der Waals surface area contributed by atoms with Gasteiger partial charge in [0.2, 0.25) is 10.0 Å². The third-order valence-electron chi connectivity index (χ3n) is 5.65. The molecule has 27 heavy (non-hydrogen) atoms. The van der Waals surface area contributed by atoms with E-state index < -0.39 is 10.0 Å². The second-order valence-electron chi connectivity index (χ2n) is 7.71. The summed E-state index contributed by atoms with van der Waals surface area (Å²) in [6.45, 7) is 8.03. The third-order valence-corrected chi connectivity index (χ3v) is 6.95. The van der Waals surface area contributed by atoms with Crippen LogP contribution in [0.2, 0.25) is 0 Å². The van der Waals surface area contributed by atoms with Gasteiger partial charge < -0.3 is 19.7 Å². The Morgan fingerprint density at radius 2 is 1.85 bits per heavy atom. The predicted octanol–water partition coefficient (Wildman–Crippen LogP) is 0.503. The molecule has 0 aliphatic carbocycles. The SMILES string of the molecule is CCNC(=NCC1CCN(S(C)(=O)=O)CC1)N1CCOC(C2CCCO2)C1. The molecular formula is C18H34N4O4S. The fourth-order valence-corrected chi connectivity index (χ4v) is 4.93. The highest BCUT2D eigenvalue weighted by molar-refractivity contribution is 7.88. The van der Waals surface area contributed by atoms with Gasteiger partial charge in [-0.25, -0.2) is 12.7 Å². The zero-order chi connectivity index (χ0) is 19.3. The van der Waals surface area contributed by atoms with E-state index in [2.05, 4.69) is 17.1 Å². The van der Waals surface area contributed by atoms with E-state index >= 15 is 0 Å². The number of morpholine rings is 1. The molecule has 3 fully saturated rings. The minimum atomic E-state index is -3.07. The molecule has 0 spiro atoms. The molecule has 2 unspecified atom stereocenters. The van der Waals surface area contributed by atoms with Crippen molar-refractivity contribution in [2.24, 2.45) is 10.9 Å². The Balaban J connectivity index is 1.54. The second kappa shape index (κ2) is 9.54. The fraction of sp³-hybridized carbons (Fsp3) is 0.944. The van der Waals surface area contributed by atoms with Crippen LogP contribution in [-0.4, -0.2) is 94.5 Å². The van der Waals surface area contributed by atoms with Crippen LogP contribution in [0.15, 0.2) is 4.99 Å². The first kappa shape index (κ1) is 20.8. The number of nitrogens with zero attached hydrogens (tertiary/aromatic N) is 3. The Hall–Kier alpha value is -0.900. The molecule has 0 saturated carbocycles. The van der Waals surface area contributed by atoms with E-state index in [1.54, 1.807) is 4.31 Å². The van der Waals surface area contributed by atoms with Crippen molar-refractivity contribution in [2.45, 2.75) is 44.8 Å². The summed E-state index contributed by atoms with van der Waals surface area (Å²) in [7, 11) is -3.07. The van der Waals surface area contributed by atoms with Crippen LogP contribution in [0.25, 0.3) is 0 Å². The molecule has 3 aliphatic rings. The lowest BCUT2D eigenvalue weighted by atomic mass is 9.98. The van der Waals surface area contributed by atoms with Gasteiger partial charge in [-0.1, -0.05) is 0 Å². The maximum Gasteiger partial charge on any atom is 0.211 e. The first-order chi connectivity index (χ1) is 13.0. The largest absolute Gasteiger partial charge is 0.375 e. The summed E-state index contributed by atoms with van der Waals surface area (Å²) in [5, 5.41) is 3.41. The van der Waals surface area contributed by atoms with Gasteiger partial charge in [-0.15, -0.1) is 0 Å². The van der Waals surface area contributed by atoms with Crippen LogP contribution in [0.4, 0.5) is 0 Å². The fourth-order valence-electron chi connectivity index (χ4n) is 4.05. The van der Waals surface area contributed by atoms with Gasteiger partial charge in [-0.05, 0) is 38.5 Å². The minimum Gasteiger partial charge on any atom is -0.375 e. The highest BCUT2D eigenvalue weighted by atomic mass is 32.2. The number of ether oxygens (including phenoxy) is 2. The summed E-state index contributed by atoms with van der Waals surface area (Å²) >= 11 is 0. The van der Waals surface area contributed by atoms with Crippen LogP contribution >= 0.6 is 0 Å². The van der Waals surface area contributed by atoms with Crippen molar-refractivity contribution in [3.63, 3.8) is 0 Å². The summed E-state index contributed by atoms with van der Waals surface area (Å²) in [6, 6.07) is 0. The lowest BCUT2D eigenvalue weighted by Crippen LogP contribution is -2.53. The number of hydrogen-bond acceptors (Lipinski definition) is 5. The molecule has 0 aromatic rings. The monoisotopic (exact) mass is 402 g/mol. The van der Waals surface area contributed by atoms with Gasteiger partial charge in [0.1, 0.15) is 6.10 Å². The molecule has 3 heterocycles. The molecule has 2 atom stereocenters. The number of sulfonamides is 1. The smallest absolute Gasteiger partial charge is 0.211 e. The Kier molecular flexibility index (Phi) is 7.35. The Morgan fingerprint density at radius 3 is 2.48 bits per heavy atom. The van der Waals surface area contributed by atoms with Crippen molar-refractivity contribution in [3.05, 3.63) is 0 Å². The lowest BCUT2D eigenvalue weighted by molar-refractivity contribution is -0.0817. The first-order valence-corrected chi connectivity index (χ1v) is 12.0.